The molecule has 0 saturated carbocycles. The van der Waals surface area contributed by atoms with Crippen LogP contribution < -0.4 is 16.2 Å². The Balaban J connectivity index is 2.56. The number of benzene rings is 1. The SMILES string of the molecule is Nc1cc(Br)c2c(c1)OCC[C@@H]2N. The van der Waals surface area contributed by atoms with Crippen LogP contribution in [0.3, 0.4) is 0 Å². The first-order valence-electron chi connectivity index (χ1n) is 4.16. The fraction of sp³-hybridized carbons (Fsp3) is 0.333. The zero-order valence-corrected chi connectivity index (χ0v) is 8.67. The van der Waals surface area contributed by atoms with Gasteiger partial charge in [-0.1, -0.05) is 15.9 Å². The van der Waals surface area contributed by atoms with Gasteiger partial charge in [0.1, 0.15) is 5.75 Å². The number of hydrogen-bond donors (Lipinski definition) is 2. The van der Waals surface area contributed by atoms with Gasteiger partial charge in [-0.2, -0.15) is 0 Å². The molecule has 0 saturated heterocycles. The van der Waals surface area contributed by atoms with Crippen molar-refractivity contribution < 1.29 is 4.74 Å². The number of nitrogen functional groups attached to an aromatic ring is 1. The molecule has 70 valence electrons. The predicted octanol–water partition coefficient (Wildman–Crippen LogP) is 1.81. The number of nitrogens with two attached hydrogens (primary N) is 2. The number of anilines is 1. The van der Waals surface area contributed by atoms with E-state index in [1.165, 1.54) is 0 Å². The second kappa shape index (κ2) is 3.20. The summed E-state index contributed by atoms with van der Waals surface area (Å²) in [6.45, 7) is 0.671. The summed E-state index contributed by atoms with van der Waals surface area (Å²) >= 11 is 3.43. The first-order valence-corrected chi connectivity index (χ1v) is 4.95. The number of fused-ring (bicyclic) bond motifs is 1. The van der Waals surface area contributed by atoms with Crippen molar-refractivity contribution in [3.8, 4) is 5.75 Å². The van der Waals surface area contributed by atoms with E-state index in [0.29, 0.717) is 12.3 Å². The normalized spacial score (nSPS) is 20.6. The van der Waals surface area contributed by atoms with Crippen LogP contribution in [0.15, 0.2) is 16.6 Å². The smallest absolute Gasteiger partial charge is 0.127 e. The molecule has 0 spiro atoms. The third kappa shape index (κ3) is 1.51. The zero-order valence-electron chi connectivity index (χ0n) is 7.09. The maximum Gasteiger partial charge on any atom is 0.127 e. The van der Waals surface area contributed by atoms with Crippen molar-refractivity contribution in [2.75, 3.05) is 12.3 Å². The molecule has 0 aromatic heterocycles. The Morgan fingerprint density at radius 2 is 2.23 bits per heavy atom. The van der Waals surface area contributed by atoms with Crippen molar-refractivity contribution in [2.45, 2.75) is 12.5 Å². The molecule has 0 bridgehead atoms. The van der Waals surface area contributed by atoms with E-state index in [4.69, 9.17) is 16.2 Å². The molecule has 0 aliphatic carbocycles. The summed E-state index contributed by atoms with van der Waals surface area (Å²) in [5, 5.41) is 0. The summed E-state index contributed by atoms with van der Waals surface area (Å²) < 4.78 is 6.41. The molecule has 1 aromatic carbocycles. The molecule has 4 heteroatoms. The Morgan fingerprint density at radius 1 is 1.46 bits per heavy atom. The monoisotopic (exact) mass is 242 g/mol. The van der Waals surface area contributed by atoms with E-state index in [1.807, 2.05) is 12.1 Å². The van der Waals surface area contributed by atoms with Crippen LogP contribution in [-0.2, 0) is 0 Å². The molecule has 1 atom stereocenters. The van der Waals surface area contributed by atoms with Gasteiger partial charge < -0.3 is 16.2 Å². The molecule has 1 aromatic rings. The molecule has 1 aliphatic rings. The topological polar surface area (TPSA) is 61.3 Å². The van der Waals surface area contributed by atoms with E-state index in [-0.39, 0.29) is 6.04 Å². The molecule has 0 radical (unpaired) electrons. The Hall–Kier alpha value is -0.740. The van der Waals surface area contributed by atoms with Crippen LogP contribution >= 0.6 is 15.9 Å². The summed E-state index contributed by atoms with van der Waals surface area (Å²) in [7, 11) is 0. The van der Waals surface area contributed by atoms with Crippen molar-refractivity contribution in [3.05, 3.63) is 22.2 Å². The van der Waals surface area contributed by atoms with Gasteiger partial charge in [-0.25, -0.2) is 0 Å². The summed E-state index contributed by atoms with van der Waals surface area (Å²) in [6, 6.07) is 3.73. The van der Waals surface area contributed by atoms with Crippen LogP contribution in [0.5, 0.6) is 5.75 Å². The zero-order chi connectivity index (χ0) is 9.42. The van der Waals surface area contributed by atoms with E-state index >= 15 is 0 Å². The molecule has 4 N–H and O–H groups in total. The molecule has 2 rings (SSSR count). The summed E-state index contributed by atoms with van der Waals surface area (Å²) in [6.07, 6.45) is 0.857. The van der Waals surface area contributed by atoms with Gasteiger partial charge in [0.15, 0.2) is 0 Å². The van der Waals surface area contributed by atoms with Crippen molar-refractivity contribution >= 4 is 21.6 Å². The lowest BCUT2D eigenvalue weighted by atomic mass is 10.0. The van der Waals surface area contributed by atoms with Gasteiger partial charge >= 0.3 is 0 Å². The van der Waals surface area contributed by atoms with Gasteiger partial charge in [-0.05, 0) is 6.07 Å². The Kier molecular flexibility index (Phi) is 2.17. The van der Waals surface area contributed by atoms with Crippen molar-refractivity contribution in [1.82, 2.24) is 0 Å². The Labute approximate surface area is 85.2 Å². The van der Waals surface area contributed by atoms with Gasteiger partial charge in [-0.3, -0.25) is 0 Å². The van der Waals surface area contributed by atoms with Gasteiger partial charge in [-0.15, -0.1) is 0 Å². The second-order valence-corrected chi connectivity index (χ2v) is 4.01. The molecule has 13 heavy (non-hydrogen) atoms. The van der Waals surface area contributed by atoms with E-state index in [0.717, 1.165) is 22.2 Å². The molecule has 0 amide bonds. The Bertz CT molecular complexity index is 341. The van der Waals surface area contributed by atoms with Gasteiger partial charge in [0, 0.05) is 34.3 Å². The highest BCUT2D eigenvalue weighted by Crippen LogP contribution is 2.37. The van der Waals surface area contributed by atoms with Crippen LogP contribution in [0, 0.1) is 0 Å². The molecule has 0 fully saturated rings. The average Bonchev–Trinajstić information content (AvgIpc) is 2.02. The first kappa shape index (κ1) is 8.84. The predicted molar refractivity (Wildman–Crippen MR) is 55.6 cm³/mol. The summed E-state index contributed by atoms with van der Waals surface area (Å²) in [5.41, 5.74) is 13.3. The van der Waals surface area contributed by atoms with Gasteiger partial charge in [0.05, 0.1) is 6.61 Å². The standard InChI is InChI=1S/C9H11BrN2O/c10-6-3-5(11)4-8-9(6)7(12)1-2-13-8/h3-4,7H,1-2,11-12H2/t7-/m0/s1. The third-order valence-electron chi connectivity index (χ3n) is 2.17. The molecular formula is C9H11BrN2O. The van der Waals surface area contributed by atoms with Gasteiger partial charge in [0.2, 0.25) is 0 Å². The van der Waals surface area contributed by atoms with Crippen molar-refractivity contribution in [3.63, 3.8) is 0 Å². The largest absolute Gasteiger partial charge is 0.493 e. The van der Waals surface area contributed by atoms with E-state index in [9.17, 15) is 0 Å². The third-order valence-corrected chi connectivity index (χ3v) is 2.83. The lowest BCUT2D eigenvalue weighted by Gasteiger charge is -2.24. The number of rotatable bonds is 0. The molecule has 3 nitrogen and oxygen atoms in total. The van der Waals surface area contributed by atoms with E-state index < -0.39 is 0 Å². The lowest BCUT2D eigenvalue weighted by Crippen LogP contribution is -2.21. The lowest BCUT2D eigenvalue weighted by molar-refractivity contribution is 0.268. The van der Waals surface area contributed by atoms with E-state index in [1.54, 1.807) is 0 Å². The van der Waals surface area contributed by atoms with Crippen LogP contribution in [0.1, 0.15) is 18.0 Å². The Morgan fingerprint density at radius 3 is 3.00 bits per heavy atom. The maximum absolute atomic E-state index is 5.95. The van der Waals surface area contributed by atoms with Crippen LogP contribution in [0.4, 0.5) is 5.69 Å². The maximum atomic E-state index is 5.95. The highest BCUT2D eigenvalue weighted by atomic mass is 79.9. The average molecular weight is 243 g/mol. The van der Waals surface area contributed by atoms with Crippen LogP contribution in [0.2, 0.25) is 0 Å². The number of hydrogen-bond acceptors (Lipinski definition) is 3. The number of ether oxygens (including phenoxy) is 1. The second-order valence-electron chi connectivity index (χ2n) is 3.16. The van der Waals surface area contributed by atoms with Crippen LogP contribution in [-0.4, -0.2) is 6.61 Å². The minimum Gasteiger partial charge on any atom is -0.493 e. The fourth-order valence-electron chi connectivity index (χ4n) is 1.53. The van der Waals surface area contributed by atoms with Crippen LogP contribution in [0.25, 0.3) is 0 Å². The summed E-state index contributed by atoms with van der Waals surface area (Å²) in [5.74, 6) is 0.811. The minimum atomic E-state index is 0.0544. The molecule has 0 unspecified atom stereocenters. The molecule has 1 aliphatic heterocycles. The molecule has 1 heterocycles. The fourth-order valence-corrected chi connectivity index (χ4v) is 2.29. The van der Waals surface area contributed by atoms with Crippen molar-refractivity contribution in [1.29, 1.82) is 0 Å². The highest BCUT2D eigenvalue weighted by Gasteiger charge is 2.21. The summed E-state index contributed by atoms with van der Waals surface area (Å²) in [4.78, 5) is 0. The van der Waals surface area contributed by atoms with Gasteiger partial charge in [0.25, 0.3) is 0 Å². The number of halogens is 1. The first-order chi connectivity index (χ1) is 6.18. The van der Waals surface area contributed by atoms with E-state index in [2.05, 4.69) is 15.9 Å². The quantitative estimate of drug-likeness (QED) is 0.683. The van der Waals surface area contributed by atoms with Crippen molar-refractivity contribution in [2.24, 2.45) is 5.73 Å². The molecular weight excluding hydrogens is 232 g/mol. The minimum absolute atomic E-state index is 0.0544. The highest BCUT2D eigenvalue weighted by molar-refractivity contribution is 9.10.